The minimum absolute atomic E-state index is 0.456. The molecule has 10 heavy (non-hydrogen) atoms. The molecule has 0 aliphatic rings. The summed E-state index contributed by atoms with van der Waals surface area (Å²) < 4.78 is 21.8. The van der Waals surface area contributed by atoms with Crippen LogP contribution in [0.3, 0.4) is 0 Å². The number of sulfone groups is 1. The number of rotatable bonds is 1. The quantitative estimate of drug-likeness (QED) is 0.649. The minimum Gasteiger partial charge on any atom is -0.224 e. The number of hydrogen-bond donors (Lipinski definition) is 0. The van der Waals surface area contributed by atoms with Crippen LogP contribution in [0.1, 0.15) is 4.88 Å². The van der Waals surface area contributed by atoms with Crippen molar-refractivity contribution in [3.05, 3.63) is 16.3 Å². The molecule has 4 heteroatoms. The van der Waals surface area contributed by atoms with Crippen molar-refractivity contribution >= 4 is 21.2 Å². The van der Waals surface area contributed by atoms with Gasteiger partial charge >= 0.3 is 0 Å². The van der Waals surface area contributed by atoms with Gasteiger partial charge in [-0.25, -0.2) is 8.42 Å². The molecule has 0 unspecified atom stereocenters. The predicted octanol–water partition coefficient (Wildman–Crippen LogP) is 1.46. The van der Waals surface area contributed by atoms with Crippen LogP contribution in [0.25, 0.3) is 0 Å². The van der Waals surface area contributed by atoms with Crippen molar-refractivity contribution in [1.82, 2.24) is 0 Å². The van der Waals surface area contributed by atoms with Crippen LogP contribution in [0.15, 0.2) is 16.3 Å². The average molecular weight is 176 g/mol. The Morgan fingerprint density at radius 3 is 2.30 bits per heavy atom. The maximum absolute atomic E-state index is 10.9. The smallest absolute Gasteiger partial charge is 0.176 e. The molecule has 1 rings (SSSR count). The van der Waals surface area contributed by atoms with Crippen molar-refractivity contribution in [2.75, 3.05) is 6.26 Å². The summed E-state index contributed by atoms with van der Waals surface area (Å²) in [5.41, 5.74) is 0. The van der Waals surface area contributed by atoms with E-state index >= 15 is 0 Å². The normalized spacial score (nSPS) is 11.8. The Labute approximate surface area is 64.4 Å². The Morgan fingerprint density at radius 1 is 1.50 bits per heavy atom. The topological polar surface area (TPSA) is 34.1 Å². The fraction of sp³-hybridized carbons (Fsp3) is 0.333. The molecule has 56 valence electrons. The fourth-order valence-electron chi connectivity index (χ4n) is 0.758. The minimum atomic E-state index is -2.98. The van der Waals surface area contributed by atoms with Gasteiger partial charge in [0.1, 0.15) is 0 Å². The third kappa shape index (κ3) is 1.38. The summed E-state index contributed by atoms with van der Waals surface area (Å²) in [5.74, 6) is 0. The monoisotopic (exact) mass is 176 g/mol. The molecular weight excluding hydrogens is 168 g/mol. The molecule has 1 aromatic heterocycles. The summed E-state index contributed by atoms with van der Waals surface area (Å²) in [6.45, 7) is 1.81. The SMILES string of the molecule is Cc1sccc1S(C)(=O)=O. The summed E-state index contributed by atoms with van der Waals surface area (Å²) in [4.78, 5) is 1.32. The van der Waals surface area contributed by atoms with Crippen molar-refractivity contribution in [3.8, 4) is 0 Å². The van der Waals surface area contributed by atoms with E-state index in [4.69, 9.17) is 0 Å². The molecule has 0 aromatic carbocycles. The Morgan fingerprint density at radius 2 is 2.10 bits per heavy atom. The zero-order valence-electron chi connectivity index (χ0n) is 5.79. The highest BCUT2D eigenvalue weighted by molar-refractivity contribution is 7.90. The third-order valence-corrected chi connectivity index (χ3v) is 3.43. The van der Waals surface area contributed by atoms with E-state index in [9.17, 15) is 8.42 Å². The van der Waals surface area contributed by atoms with Gasteiger partial charge in [0.25, 0.3) is 0 Å². The van der Waals surface area contributed by atoms with Crippen LogP contribution < -0.4 is 0 Å². The molecule has 1 aromatic rings. The first-order chi connectivity index (χ1) is 4.52. The molecule has 0 amide bonds. The van der Waals surface area contributed by atoms with Gasteiger partial charge in [0, 0.05) is 11.1 Å². The summed E-state index contributed by atoms with van der Waals surface area (Å²) in [6.07, 6.45) is 1.22. The Bertz CT molecular complexity index is 321. The van der Waals surface area contributed by atoms with Crippen molar-refractivity contribution < 1.29 is 8.42 Å². The predicted molar refractivity (Wildman–Crippen MR) is 42.2 cm³/mol. The molecule has 0 radical (unpaired) electrons. The van der Waals surface area contributed by atoms with E-state index in [-0.39, 0.29) is 0 Å². The lowest BCUT2D eigenvalue weighted by Gasteiger charge is -1.92. The van der Waals surface area contributed by atoms with Gasteiger partial charge in [-0.05, 0) is 18.4 Å². The molecule has 0 aliphatic heterocycles. The zero-order valence-corrected chi connectivity index (χ0v) is 7.42. The molecule has 0 saturated carbocycles. The number of hydrogen-bond acceptors (Lipinski definition) is 3. The van der Waals surface area contributed by atoms with E-state index in [1.54, 1.807) is 18.4 Å². The van der Waals surface area contributed by atoms with E-state index in [2.05, 4.69) is 0 Å². The van der Waals surface area contributed by atoms with Gasteiger partial charge < -0.3 is 0 Å². The van der Waals surface area contributed by atoms with Gasteiger partial charge in [-0.1, -0.05) is 0 Å². The lowest BCUT2D eigenvalue weighted by atomic mass is 10.5. The Kier molecular flexibility index (Phi) is 1.83. The summed E-state index contributed by atoms with van der Waals surface area (Å²) >= 11 is 1.45. The fourth-order valence-corrected chi connectivity index (χ4v) is 2.87. The standard InChI is InChI=1S/C6H8O2S2/c1-5-6(3-4-9-5)10(2,7)8/h3-4H,1-2H3. The van der Waals surface area contributed by atoms with E-state index < -0.39 is 9.84 Å². The number of thiophene rings is 1. The molecule has 1 heterocycles. The maximum Gasteiger partial charge on any atom is 0.176 e. The molecule has 0 spiro atoms. The summed E-state index contributed by atoms with van der Waals surface area (Å²) in [7, 11) is -2.98. The van der Waals surface area contributed by atoms with Crippen molar-refractivity contribution in [2.45, 2.75) is 11.8 Å². The molecule has 0 saturated heterocycles. The van der Waals surface area contributed by atoms with Crippen LogP contribution in [0.4, 0.5) is 0 Å². The van der Waals surface area contributed by atoms with Crippen LogP contribution in [0, 0.1) is 6.92 Å². The van der Waals surface area contributed by atoms with Crippen LogP contribution in [0.5, 0.6) is 0 Å². The first-order valence-corrected chi connectivity index (χ1v) is 5.53. The van der Waals surface area contributed by atoms with Gasteiger partial charge in [0.05, 0.1) is 4.90 Å². The molecule has 0 aliphatic carbocycles. The molecule has 0 fully saturated rings. The molecule has 0 atom stereocenters. The second-order valence-electron chi connectivity index (χ2n) is 2.11. The van der Waals surface area contributed by atoms with Gasteiger partial charge in [-0.2, -0.15) is 0 Å². The molecular formula is C6H8O2S2. The molecule has 2 nitrogen and oxygen atoms in total. The van der Waals surface area contributed by atoms with Crippen molar-refractivity contribution in [2.24, 2.45) is 0 Å². The van der Waals surface area contributed by atoms with Gasteiger partial charge in [-0.3, -0.25) is 0 Å². The number of aryl methyl sites for hydroxylation is 1. The van der Waals surface area contributed by atoms with Crippen LogP contribution >= 0.6 is 11.3 Å². The average Bonchev–Trinajstić information content (AvgIpc) is 2.11. The van der Waals surface area contributed by atoms with E-state index in [0.717, 1.165) is 4.88 Å². The second kappa shape index (κ2) is 2.36. The van der Waals surface area contributed by atoms with Crippen LogP contribution in [-0.2, 0) is 9.84 Å². The van der Waals surface area contributed by atoms with Crippen LogP contribution in [0.2, 0.25) is 0 Å². The van der Waals surface area contributed by atoms with Crippen LogP contribution in [-0.4, -0.2) is 14.7 Å². The third-order valence-electron chi connectivity index (χ3n) is 1.21. The molecule has 0 N–H and O–H groups in total. The Balaban J connectivity index is 3.32. The van der Waals surface area contributed by atoms with Gasteiger partial charge in [-0.15, -0.1) is 11.3 Å². The highest BCUT2D eigenvalue weighted by Gasteiger charge is 2.10. The lowest BCUT2D eigenvalue weighted by Crippen LogP contribution is -1.95. The van der Waals surface area contributed by atoms with E-state index in [0.29, 0.717) is 4.90 Å². The van der Waals surface area contributed by atoms with Crippen molar-refractivity contribution in [3.63, 3.8) is 0 Å². The highest BCUT2D eigenvalue weighted by Crippen LogP contribution is 2.19. The second-order valence-corrected chi connectivity index (χ2v) is 5.22. The highest BCUT2D eigenvalue weighted by atomic mass is 32.2. The summed E-state index contributed by atoms with van der Waals surface area (Å²) in [6, 6.07) is 1.63. The zero-order chi connectivity index (χ0) is 7.78. The van der Waals surface area contributed by atoms with Gasteiger partial charge in [0.15, 0.2) is 9.84 Å². The van der Waals surface area contributed by atoms with E-state index in [1.807, 2.05) is 0 Å². The van der Waals surface area contributed by atoms with E-state index in [1.165, 1.54) is 17.6 Å². The van der Waals surface area contributed by atoms with Crippen molar-refractivity contribution in [1.29, 1.82) is 0 Å². The maximum atomic E-state index is 10.9. The lowest BCUT2D eigenvalue weighted by molar-refractivity contribution is 0.602. The first kappa shape index (κ1) is 7.75. The largest absolute Gasteiger partial charge is 0.224 e. The molecule has 0 bridgehead atoms. The Hall–Kier alpha value is -0.350. The van der Waals surface area contributed by atoms with Gasteiger partial charge in [0.2, 0.25) is 0 Å². The first-order valence-electron chi connectivity index (χ1n) is 2.76. The summed E-state index contributed by atoms with van der Waals surface area (Å²) in [5, 5.41) is 1.78.